The third-order valence-electron chi connectivity index (χ3n) is 2.41. The van der Waals surface area contributed by atoms with Crippen LogP contribution >= 0.6 is 11.5 Å². The molecule has 2 N–H and O–H groups in total. The molecule has 15 heavy (non-hydrogen) atoms. The van der Waals surface area contributed by atoms with Gasteiger partial charge in [-0.2, -0.15) is 0 Å². The average Bonchev–Trinajstić information content (AvgIpc) is 2.58. The molecular formula is C8H13N5OS. The van der Waals surface area contributed by atoms with Crippen molar-refractivity contribution in [1.82, 2.24) is 20.1 Å². The molecule has 0 aliphatic carbocycles. The van der Waals surface area contributed by atoms with Crippen molar-refractivity contribution in [2.75, 3.05) is 11.9 Å². The molecule has 6 nitrogen and oxygen atoms in total. The van der Waals surface area contributed by atoms with E-state index in [0.29, 0.717) is 5.13 Å². The SMILES string of the molecule is O=C(Nc1nnns1)C1CCCCCN1. The maximum atomic E-state index is 11.8. The maximum Gasteiger partial charge on any atom is 0.243 e. The van der Waals surface area contributed by atoms with Gasteiger partial charge in [0.15, 0.2) is 0 Å². The normalized spacial score (nSPS) is 22.0. The lowest BCUT2D eigenvalue weighted by Crippen LogP contribution is -2.39. The third-order valence-corrected chi connectivity index (χ3v) is 2.92. The van der Waals surface area contributed by atoms with E-state index in [0.717, 1.165) is 37.3 Å². The van der Waals surface area contributed by atoms with Crippen LogP contribution in [0.5, 0.6) is 0 Å². The van der Waals surface area contributed by atoms with E-state index < -0.39 is 0 Å². The number of amides is 1. The fourth-order valence-corrected chi connectivity index (χ4v) is 2.00. The van der Waals surface area contributed by atoms with Crippen LogP contribution in [-0.4, -0.2) is 33.3 Å². The average molecular weight is 227 g/mol. The number of nitrogens with zero attached hydrogens (tertiary/aromatic N) is 3. The lowest BCUT2D eigenvalue weighted by molar-refractivity contribution is -0.118. The van der Waals surface area contributed by atoms with Crippen LogP contribution in [0, 0.1) is 0 Å². The molecule has 1 aromatic heterocycles. The van der Waals surface area contributed by atoms with Crippen LogP contribution in [0.2, 0.25) is 0 Å². The molecule has 1 unspecified atom stereocenters. The number of rotatable bonds is 2. The number of nitrogens with one attached hydrogen (secondary N) is 2. The van der Waals surface area contributed by atoms with Crippen molar-refractivity contribution in [3.8, 4) is 0 Å². The lowest BCUT2D eigenvalue weighted by Gasteiger charge is -2.13. The molecule has 1 fully saturated rings. The summed E-state index contributed by atoms with van der Waals surface area (Å²) in [5, 5.41) is 13.5. The first-order valence-corrected chi connectivity index (χ1v) is 5.83. The summed E-state index contributed by atoms with van der Waals surface area (Å²) in [4.78, 5) is 11.8. The van der Waals surface area contributed by atoms with Crippen LogP contribution in [0.4, 0.5) is 5.13 Å². The van der Waals surface area contributed by atoms with Crippen molar-refractivity contribution in [1.29, 1.82) is 0 Å². The second kappa shape index (κ2) is 5.13. The third kappa shape index (κ3) is 2.93. The molecule has 1 atom stereocenters. The second-order valence-electron chi connectivity index (χ2n) is 3.51. The van der Waals surface area contributed by atoms with E-state index in [1.54, 1.807) is 0 Å². The highest BCUT2D eigenvalue weighted by Gasteiger charge is 2.20. The topological polar surface area (TPSA) is 79.8 Å². The molecule has 1 saturated heterocycles. The highest BCUT2D eigenvalue weighted by Crippen LogP contribution is 2.11. The Labute approximate surface area is 91.6 Å². The molecule has 2 rings (SSSR count). The quantitative estimate of drug-likeness (QED) is 0.764. The first-order valence-electron chi connectivity index (χ1n) is 5.05. The van der Waals surface area contributed by atoms with E-state index in [4.69, 9.17) is 0 Å². The Hall–Kier alpha value is -1.08. The van der Waals surface area contributed by atoms with Gasteiger partial charge in [0.05, 0.1) is 6.04 Å². The van der Waals surface area contributed by atoms with Crippen LogP contribution in [0.25, 0.3) is 0 Å². The van der Waals surface area contributed by atoms with Gasteiger partial charge in [-0.3, -0.25) is 10.1 Å². The molecule has 2 heterocycles. The van der Waals surface area contributed by atoms with E-state index in [1.165, 1.54) is 6.42 Å². The molecule has 0 bridgehead atoms. The summed E-state index contributed by atoms with van der Waals surface area (Å²) in [5.41, 5.74) is 0. The van der Waals surface area contributed by atoms with Gasteiger partial charge in [0.2, 0.25) is 11.0 Å². The molecule has 82 valence electrons. The van der Waals surface area contributed by atoms with Crippen molar-refractivity contribution in [3.63, 3.8) is 0 Å². The van der Waals surface area contributed by atoms with Crippen molar-refractivity contribution in [2.45, 2.75) is 31.7 Å². The summed E-state index contributed by atoms with van der Waals surface area (Å²) in [6.45, 7) is 0.909. The molecule has 1 aromatic rings. The smallest absolute Gasteiger partial charge is 0.243 e. The molecule has 0 radical (unpaired) electrons. The second-order valence-corrected chi connectivity index (χ2v) is 4.25. The summed E-state index contributed by atoms with van der Waals surface area (Å²) in [6.07, 6.45) is 4.32. The molecule has 7 heteroatoms. The monoisotopic (exact) mass is 227 g/mol. The van der Waals surface area contributed by atoms with Crippen molar-refractivity contribution in [2.24, 2.45) is 0 Å². The van der Waals surface area contributed by atoms with Gasteiger partial charge in [-0.05, 0) is 24.6 Å². The Balaban J connectivity index is 1.89. The minimum atomic E-state index is -0.101. The summed E-state index contributed by atoms with van der Waals surface area (Å²) in [7, 11) is 0. The highest BCUT2D eigenvalue weighted by molar-refractivity contribution is 7.09. The lowest BCUT2D eigenvalue weighted by atomic mass is 10.1. The van der Waals surface area contributed by atoms with Crippen LogP contribution in [0.3, 0.4) is 0 Å². The van der Waals surface area contributed by atoms with Crippen molar-refractivity contribution < 1.29 is 4.79 Å². The number of carbonyl (C=O) groups excluding carboxylic acids is 1. The fraction of sp³-hybridized carbons (Fsp3) is 0.750. The Bertz CT molecular complexity index is 307. The van der Waals surface area contributed by atoms with E-state index in [1.807, 2.05) is 0 Å². The number of aromatic nitrogens is 3. The van der Waals surface area contributed by atoms with Gasteiger partial charge in [0.1, 0.15) is 0 Å². The van der Waals surface area contributed by atoms with E-state index in [2.05, 4.69) is 25.4 Å². The summed E-state index contributed by atoms with van der Waals surface area (Å²) in [6, 6.07) is -0.101. The number of hydrogen-bond acceptors (Lipinski definition) is 6. The molecule has 1 amide bonds. The first-order chi connectivity index (χ1) is 7.36. The highest BCUT2D eigenvalue weighted by atomic mass is 32.1. The molecular weight excluding hydrogens is 214 g/mol. The van der Waals surface area contributed by atoms with Crippen LogP contribution in [0.1, 0.15) is 25.7 Å². The standard InChI is InChI=1S/C8H13N5OS/c14-7(10-8-11-12-13-15-8)6-4-2-1-3-5-9-6/h6,9H,1-5H2,(H,10,11,13,14). The Morgan fingerprint density at radius 3 is 3.20 bits per heavy atom. The zero-order valence-electron chi connectivity index (χ0n) is 8.27. The molecule has 1 aliphatic rings. The molecule has 1 aliphatic heterocycles. The van der Waals surface area contributed by atoms with E-state index in [-0.39, 0.29) is 11.9 Å². The predicted octanol–water partition coefficient (Wildman–Crippen LogP) is 0.404. The first kappa shape index (κ1) is 10.4. The molecule has 0 spiro atoms. The maximum absolute atomic E-state index is 11.8. The van der Waals surface area contributed by atoms with Gasteiger partial charge >= 0.3 is 0 Å². The molecule has 0 aromatic carbocycles. The van der Waals surface area contributed by atoms with Crippen molar-refractivity contribution in [3.05, 3.63) is 0 Å². The summed E-state index contributed by atoms with van der Waals surface area (Å²) < 4.78 is 3.58. The summed E-state index contributed by atoms with van der Waals surface area (Å²) in [5.74, 6) is -0.0320. The van der Waals surface area contributed by atoms with Gasteiger partial charge < -0.3 is 5.32 Å². The Morgan fingerprint density at radius 2 is 2.40 bits per heavy atom. The Morgan fingerprint density at radius 1 is 1.47 bits per heavy atom. The van der Waals surface area contributed by atoms with Gasteiger partial charge in [-0.1, -0.05) is 22.4 Å². The van der Waals surface area contributed by atoms with Crippen LogP contribution in [-0.2, 0) is 4.79 Å². The minimum Gasteiger partial charge on any atom is -0.306 e. The fourth-order valence-electron chi connectivity index (χ4n) is 1.63. The van der Waals surface area contributed by atoms with Gasteiger partial charge in [-0.25, -0.2) is 0 Å². The Kier molecular flexibility index (Phi) is 3.57. The zero-order chi connectivity index (χ0) is 10.5. The minimum absolute atomic E-state index is 0.0320. The van der Waals surface area contributed by atoms with Crippen LogP contribution < -0.4 is 10.6 Å². The number of carbonyl (C=O) groups is 1. The number of hydrogen-bond donors (Lipinski definition) is 2. The van der Waals surface area contributed by atoms with Gasteiger partial charge in [0.25, 0.3) is 0 Å². The predicted molar refractivity (Wildman–Crippen MR) is 56.6 cm³/mol. The van der Waals surface area contributed by atoms with E-state index >= 15 is 0 Å². The van der Waals surface area contributed by atoms with Gasteiger partial charge in [-0.15, -0.1) is 0 Å². The van der Waals surface area contributed by atoms with Crippen molar-refractivity contribution >= 4 is 22.6 Å². The zero-order valence-corrected chi connectivity index (χ0v) is 9.09. The van der Waals surface area contributed by atoms with Gasteiger partial charge in [0, 0.05) is 11.5 Å². The van der Waals surface area contributed by atoms with Crippen LogP contribution in [0.15, 0.2) is 0 Å². The molecule has 0 saturated carbocycles. The summed E-state index contributed by atoms with van der Waals surface area (Å²) >= 11 is 1.09. The number of anilines is 1. The largest absolute Gasteiger partial charge is 0.306 e. The van der Waals surface area contributed by atoms with E-state index in [9.17, 15) is 4.79 Å².